The average Bonchev–Trinajstić information content (AvgIpc) is 2.13. The van der Waals surface area contributed by atoms with Gasteiger partial charge in [0.15, 0.2) is 0 Å². The average molecular weight is 205 g/mol. The minimum atomic E-state index is 0.553. The Morgan fingerprint density at radius 2 is 2.23 bits per heavy atom. The normalized spacial score (nSPS) is 13.2. The second-order valence-electron chi connectivity index (χ2n) is 3.24. The molecule has 0 amide bonds. The molecule has 0 aliphatic heterocycles. The van der Waals surface area contributed by atoms with Crippen LogP contribution in [0.25, 0.3) is 0 Å². The third-order valence-electron chi connectivity index (χ3n) is 1.96. The number of nitrogens with one attached hydrogen (secondary N) is 1. The van der Waals surface area contributed by atoms with Crippen LogP contribution in [0.15, 0.2) is 0 Å². The summed E-state index contributed by atoms with van der Waals surface area (Å²) in [5, 5.41) is 3.52. The molecule has 0 spiro atoms. The Labute approximate surface area is 86.8 Å². The van der Waals surface area contributed by atoms with Crippen LogP contribution in [0.5, 0.6) is 0 Å². The van der Waals surface area contributed by atoms with E-state index < -0.39 is 0 Å². The zero-order valence-corrected chi connectivity index (χ0v) is 9.95. The maximum Gasteiger partial charge on any atom is 0.0615 e. The molecule has 0 radical (unpaired) electrons. The van der Waals surface area contributed by atoms with Gasteiger partial charge in [-0.2, -0.15) is 11.8 Å². The Morgan fingerprint density at radius 1 is 1.46 bits per heavy atom. The largest absolute Gasteiger partial charge is 0.383 e. The number of rotatable bonds is 9. The van der Waals surface area contributed by atoms with Gasteiger partial charge in [0.1, 0.15) is 0 Å². The van der Waals surface area contributed by atoms with Gasteiger partial charge in [0, 0.05) is 13.2 Å². The predicted molar refractivity (Wildman–Crippen MR) is 61.6 cm³/mol. The summed E-state index contributed by atoms with van der Waals surface area (Å²) >= 11 is 1.91. The van der Waals surface area contributed by atoms with E-state index in [-0.39, 0.29) is 0 Å². The molecule has 0 saturated carbocycles. The highest BCUT2D eigenvalue weighted by Crippen LogP contribution is 1.98. The summed E-state index contributed by atoms with van der Waals surface area (Å²) in [6.07, 6.45) is 5.85. The Balaban J connectivity index is 3.33. The van der Waals surface area contributed by atoms with Gasteiger partial charge in [-0.05, 0) is 31.4 Å². The fraction of sp³-hybridized carbons (Fsp3) is 1.00. The molecular formula is C10H23NOS. The van der Waals surface area contributed by atoms with Gasteiger partial charge in [0.2, 0.25) is 0 Å². The number of hydrogen-bond donors (Lipinski definition) is 1. The summed E-state index contributed by atoms with van der Waals surface area (Å²) in [5.74, 6) is 1.25. The van der Waals surface area contributed by atoms with Crippen molar-refractivity contribution in [2.24, 2.45) is 0 Å². The lowest BCUT2D eigenvalue weighted by atomic mass is 10.2. The lowest BCUT2D eigenvalue weighted by molar-refractivity contribution is 0.162. The molecule has 0 aromatic heterocycles. The molecule has 13 heavy (non-hydrogen) atoms. The summed E-state index contributed by atoms with van der Waals surface area (Å²) < 4.78 is 5.15. The molecule has 0 fully saturated rings. The third-order valence-corrected chi connectivity index (χ3v) is 2.66. The first kappa shape index (κ1) is 13.3. The van der Waals surface area contributed by atoms with Crippen LogP contribution < -0.4 is 5.32 Å². The SMILES string of the molecule is CCCC(COC)NCCCSC. The van der Waals surface area contributed by atoms with Crippen LogP contribution in [0.2, 0.25) is 0 Å². The highest BCUT2D eigenvalue weighted by atomic mass is 32.2. The quantitative estimate of drug-likeness (QED) is 0.583. The molecule has 0 aromatic carbocycles. The fourth-order valence-corrected chi connectivity index (χ4v) is 1.75. The molecule has 0 aliphatic carbocycles. The molecule has 0 bridgehead atoms. The molecule has 0 heterocycles. The van der Waals surface area contributed by atoms with Crippen LogP contribution >= 0.6 is 11.8 Å². The number of hydrogen-bond acceptors (Lipinski definition) is 3. The molecule has 0 aliphatic rings. The van der Waals surface area contributed by atoms with E-state index in [2.05, 4.69) is 18.5 Å². The van der Waals surface area contributed by atoms with E-state index in [0.717, 1.165) is 13.2 Å². The molecule has 0 aromatic rings. The van der Waals surface area contributed by atoms with Crippen molar-refractivity contribution in [2.75, 3.05) is 32.3 Å². The maximum absolute atomic E-state index is 5.15. The molecule has 1 N–H and O–H groups in total. The van der Waals surface area contributed by atoms with Crippen molar-refractivity contribution in [3.63, 3.8) is 0 Å². The molecule has 1 atom stereocenters. The highest BCUT2D eigenvalue weighted by Gasteiger charge is 2.04. The summed E-state index contributed by atoms with van der Waals surface area (Å²) in [5.41, 5.74) is 0. The van der Waals surface area contributed by atoms with Crippen LogP contribution in [-0.4, -0.2) is 38.3 Å². The monoisotopic (exact) mass is 205 g/mol. The zero-order valence-electron chi connectivity index (χ0n) is 9.14. The minimum absolute atomic E-state index is 0.553. The van der Waals surface area contributed by atoms with Gasteiger partial charge in [-0.25, -0.2) is 0 Å². The van der Waals surface area contributed by atoms with Gasteiger partial charge in [0.25, 0.3) is 0 Å². The van der Waals surface area contributed by atoms with Gasteiger partial charge < -0.3 is 10.1 Å². The van der Waals surface area contributed by atoms with Gasteiger partial charge >= 0.3 is 0 Å². The van der Waals surface area contributed by atoms with Gasteiger partial charge in [-0.3, -0.25) is 0 Å². The standard InChI is InChI=1S/C10H23NOS/c1-4-6-10(9-12-2)11-7-5-8-13-3/h10-11H,4-9H2,1-3H3. The molecule has 2 nitrogen and oxygen atoms in total. The molecule has 0 saturated heterocycles. The van der Waals surface area contributed by atoms with E-state index in [1.165, 1.54) is 25.0 Å². The zero-order chi connectivity index (χ0) is 9.94. The fourth-order valence-electron chi connectivity index (χ4n) is 1.32. The number of thioether (sulfide) groups is 1. The van der Waals surface area contributed by atoms with E-state index in [0.29, 0.717) is 6.04 Å². The van der Waals surface area contributed by atoms with E-state index in [9.17, 15) is 0 Å². The van der Waals surface area contributed by atoms with Crippen molar-refractivity contribution in [3.05, 3.63) is 0 Å². The van der Waals surface area contributed by atoms with Gasteiger partial charge in [-0.1, -0.05) is 13.3 Å². The summed E-state index contributed by atoms with van der Waals surface area (Å²) in [6, 6.07) is 0.553. The van der Waals surface area contributed by atoms with E-state index in [1.54, 1.807) is 7.11 Å². The number of ether oxygens (including phenoxy) is 1. The Kier molecular flexibility index (Phi) is 10.6. The lowest BCUT2D eigenvalue weighted by Gasteiger charge is -2.16. The summed E-state index contributed by atoms with van der Waals surface area (Å²) in [4.78, 5) is 0. The minimum Gasteiger partial charge on any atom is -0.383 e. The van der Waals surface area contributed by atoms with E-state index in [4.69, 9.17) is 4.74 Å². The first-order chi connectivity index (χ1) is 6.35. The van der Waals surface area contributed by atoms with Gasteiger partial charge in [0.05, 0.1) is 6.61 Å². The van der Waals surface area contributed by atoms with E-state index >= 15 is 0 Å². The maximum atomic E-state index is 5.15. The molecule has 0 rings (SSSR count). The Morgan fingerprint density at radius 3 is 2.77 bits per heavy atom. The highest BCUT2D eigenvalue weighted by molar-refractivity contribution is 7.98. The van der Waals surface area contributed by atoms with Crippen molar-refractivity contribution >= 4 is 11.8 Å². The Bertz CT molecular complexity index is 94.9. The van der Waals surface area contributed by atoms with Crippen molar-refractivity contribution < 1.29 is 4.74 Å². The Hall–Kier alpha value is 0.270. The first-order valence-corrected chi connectivity index (χ1v) is 6.45. The van der Waals surface area contributed by atoms with Crippen molar-refractivity contribution in [2.45, 2.75) is 32.2 Å². The van der Waals surface area contributed by atoms with Crippen LogP contribution in [0.4, 0.5) is 0 Å². The predicted octanol–water partition coefficient (Wildman–Crippen LogP) is 2.14. The smallest absolute Gasteiger partial charge is 0.0615 e. The van der Waals surface area contributed by atoms with Crippen LogP contribution in [0.3, 0.4) is 0 Å². The van der Waals surface area contributed by atoms with Crippen LogP contribution in [-0.2, 0) is 4.74 Å². The van der Waals surface area contributed by atoms with Crippen LogP contribution in [0.1, 0.15) is 26.2 Å². The van der Waals surface area contributed by atoms with E-state index in [1.807, 2.05) is 11.8 Å². The van der Waals surface area contributed by atoms with Crippen molar-refractivity contribution in [1.29, 1.82) is 0 Å². The third kappa shape index (κ3) is 8.60. The lowest BCUT2D eigenvalue weighted by Crippen LogP contribution is -2.33. The second kappa shape index (κ2) is 10.4. The van der Waals surface area contributed by atoms with Gasteiger partial charge in [-0.15, -0.1) is 0 Å². The number of methoxy groups -OCH3 is 1. The van der Waals surface area contributed by atoms with Crippen molar-refractivity contribution in [3.8, 4) is 0 Å². The second-order valence-corrected chi connectivity index (χ2v) is 4.23. The van der Waals surface area contributed by atoms with Crippen molar-refractivity contribution in [1.82, 2.24) is 5.32 Å². The first-order valence-electron chi connectivity index (χ1n) is 5.06. The summed E-state index contributed by atoms with van der Waals surface area (Å²) in [7, 11) is 1.77. The van der Waals surface area contributed by atoms with Crippen LogP contribution in [0, 0.1) is 0 Å². The molecule has 3 heteroatoms. The molecular weight excluding hydrogens is 182 g/mol. The summed E-state index contributed by atoms with van der Waals surface area (Å²) in [6.45, 7) is 4.17. The molecule has 1 unspecified atom stereocenters. The molecule has 80 valence electrons. The topological polar surface area (TPSA) is 21.3 Å².